The Hall–Kier alpha value is -2.49. The van der Waals surface area contributed by atoms with Crippen molar-refractivity contribution in [2.75, 3.05) is 11.4 Å². The van der Waals surface area contributed by atoms with Gasteiger partial charge in [0.1, 0.15) is 0 Å². The van der Waals surface area contributed by atoms with Gasteiger partial charge in [-0.2, -0.15) is 0 Å². The van der Waals surface area contributed by atoms with Crippen molar-refractivity contribution in [3.8, 4) is 0 Å². The summed E-state index contributed by atoms with van der Waals surface area (Å²) in [7, 11) is 0. The van der Waals surface area contributed by atoms with Crippen molar-refractivity contribution in [1.82, 2.24) is 5.32 Å². The van der Waals surface area contributed by atoms with Crippen LogP contribution in [0.15, 0.2) is 66.7 Å². The summed E-state index contributed by atoms with van der Waals surface area (Å²) in [4.78, 5) is 14.8. The van der Waals surface area contributed by atoms with Gasteiger partial charge in [0.25, 0.3) is 5.91 Å². The Morgan fingerprint density at radius 1 is 1.00 bits per heavy atom. The zero-order chi connectivity index (χ0) is 19.5. The molecule has 1 amide bonds. The van der Waals surface area contributed by atoms with Crippen LogP contribution < -0.4 is 10.2 Å². The van der Waals surface area contributed by atoms with E-state index >= 15 is 0 Å². The Morgan fingerprint density at radius 2 is 1.79 bits per heavy atom. The molecule has 0 fully saturated rings. The van der Waals surface area contributed by atoms with Gasteiger partial charge in [-0.1, -0.05) is 59.6 Å². The SMILES string of the molecule is O=C(NCc1ccc(Cl)cc1Cl)c1ccc(CN2CCc3ccccc32)cc1. The zero-order valence-electron chi connectivity index (χ0n) is 15.3. The summed E-state index contributed by atoms with van der Waals surface area (Å²) in [5.41, 5.74) is 5.37. The molecule has 0 unspecified atom stereocenters. The molecule has 4 rings (SSSR count). The van der Waals surface area contributed by atoms with Gasteiger partial charge in [0.15, 0.2) is 0 Å². The second-order valence-corrected chi connectivity index (χ2v) is 7.76. The second kappa shape index (κ2) is 8.26. The van der Waals surface area contributed by atoms with Gasteiger partial charge >= 0.3 is 0 Å². The predicted molar refractivity (Wildman–Crippen MR) is 115 cm³/mol. The van der Waals surface area contributed by atoms with E-state index in [9.17, 15) is 4.79 Å². The van der Waals surface area contributed by atoms with Crippen molar-refractivity contribution in [2.24, 2.45) is 0 Å². The zero-order valence-corrected chi connectivity index (χ0v) is 16.8. The number of benzene rings is 3. The largest absolute Gasteiger partial charge is 0.367 e. The first kappa shape index (κ1) is 18.9. The maximum absolute atomic E-state index is 12.4. The smallest absolute Gasteiger partial charge is 0.251 e. The Kier molecular flexibility index (Phi) is 5.56. The van der Waals surface area contributed by atoms with Crippen LogP contribution >= 0.6 is 23.2 Å². The van der Waals surface area contributed by atoms with E-state index in [1.54, 1.807) is 12.1 Å². The van der Waals surface area contributed by atoms with Crippen LogP contribution in [0.4, 0.5) is 5.69 Å². The number of hydrogen-bond acceptors (Lipinski definition) is 2. The average molecular weight is 411 g/mol. The molecule has 3 aromatic carbocycles. The molecule has 0 aromatic heterocycles. The van der Waals surface area contributed by atoms with E-state index in [1.165, 1.54) is 16.8 Å². The number of nitrogens with one attached hydrogen (secondary N) is 1. The standard InChI is InChI=1S/C23H20Cl2N2O/c24-20-10-9-19(21(25)13-20)14-26-23(28)18-7-5-16(6-8-18)15-27-12-11-17-3-1-2-4-22(17)27/h1-10,13H,11-12,14-15H2,(H,26,28). The maximum atomic E-state index is 12.4. The lowest BCUT2D eigenvalue weighted by Crippen LogP contribution is -2.23. The highest BCUT2D eigenvalue weighted by Gasteiger charge is 2.18. The Morgan fingerprint density at radius 3 is 2.57 bits per heavy atom. The van der Waals surface area contributed by atoms with Crippen LogP contribution in [0.2, 0.25) is 10.0 Å². The minimum Gasteiger partial charge on any atom is -0.367 e. The lowest BCUT2D eigenvalue weighted by atomic mass is 10.1. The molecule has 1 heterocycles. The van der Waals surface area contributed by atoms with Crippen molar-refractivity contribution in [1.29, 1.82) is 0 Å². The van der Waals surface area contributed by atoms with Gasteiger partial charge in [0.05, 0.1) is 0 Å². The van der Waals surface area contributed by atoms with Crippen LogP contribution in [0.5, 0.6) is 0 Å². The Balaban J connectivity index is 1.37. The first-order valence-electron chi connectivity index (χ1n) is 9.24. The molecule has 0 radical (unpaired) electrons. The number of nitrogens with zero attached hydrogens (tertiary/aromatic N) is 1. The molecule has 142 valence electrons. The number of hydrogen-bond donors (Lipinski definition) is 1. The normalized spacial score (nSPS) is 12.7. The fourth-order valence-electron chi connectivity index (χ4n) is 3.50. The van der Waals surface area contributed by atoms with Crippen LogP contribution in [0.1, 0.15) is 27.0 Å². The molecule has 0 spiro atoms. The average Bonchev–Trinajstić information content (AvgIpc) is 3.11. The number of anilines is 1. The van der Waals surface area contributed by atoms with E-state index in [4.69, 9.17) is 23.2 Å². The highest BCUT2D eigenvalue weighted by Crippen LogP contribution is 2.28. The maximum Gasteiger partial charge on any atom is 0.251 e. The van der Waals surface area contributed by atoms with Crippen molar-refractivity contribution in [3.63, 3.8) is 0 Å². The molecule has 28 heavy (non-hydrogen) atoms. The molecular formula is C23H20Cl2N2O. The van der Waals surface area contributed by atoms with Crippen molar-refractivity contribution in [2.45, 2.75) is 19.5 Å². The fraction of sp³-hybridized carbons (Fsp3) is 0.174. The van der Waals surface area contributed by atoms with E-state index in [1.807, 2.05) is 30.3 Å². The number of para-hydroxylation sites is 1. The molecule has 0 saturated heterocycles. The number of carbonyl (C=O) groups is 1. The molecule has 0 atom stereocenters. The lowest BCUT2D eigenvalue weighted by molar-refractivity contribution is 0.0951. The topological polar surface area (TPSA) is 32.3 Å². The predicted octanol–water partition coefficient (Wildman–Crippen LogP) is 5.49. The third kappa shape index (κ3) is 4.16. The molecule has 0 bridgehead atoms. The lowest BCUT2D eigenvalue weighted by Gasteiger charge is -2.19. The van der Waals surface area contributed by atoms with Crippen LogP contribution in [0, 0.1) is 0 Å². The number of rotatable bonds is 5. The molecule has 1 aliphatic heterocycles. The Labute approximate surface area is 174 Å². The summed E-state index contributed by atoms with van der Waals surface area (Å²) >= 11 is 12.1. The number of fused-ring (bicyclic) bond motifs is 1. The van der Waals surface area contributed by atoms with Crippen LogP contribution in [0.25, 0.3) is 0 Å². The van der Waals surface area contributed by atoms with E-state index in [0.29, 0.717) is 22.2 Å². The minimum absolute atomic E-state index is 0.121. The van der Waals surface area contributed by atoms with Crippen molar-refractivity contribution in [3.05, 3.63) is 99.0 Å². The monoisotopic (exact) mass is 410 g/mol. The number of halogens is 2. The minimum atomic E-state index is -0.121. The summed E-state index contributed by atoms with van der Waals surface area (Å²) < 4.78 is 0. The quantitative estimate of drug-likeness (QED) is 0.603. The van der Waals surface area contributed by atoms with Gasteiger partial charge in [0, 0.05) is 40.9 Å². The third-order valence-electron chi connectivity index (χ3n) is 5.03. The molecule has 3 nitrogen and oxygen atoms in total. The second-order valence-electron chi connectivity index (χ2n) is 6.92. The first-order chi connectivity index (χ1) is 13.6. The number of carbonyl (C=O) groups excluding carboxylic acids is 1. The summed E-state index contributed by atoms with van der Waals surface area (Å²) in [6.07, 6.45) is 1.09. The van der Waals surface area contributed by atoms with E-state index in [2.05, 4.69) is 34.5 Å². The van der Waals surface area contributed by atoms with Crippen molar-refractivity contribution >= 4 is 34.8 Å². The fourth-order valence-corrected chi connectivity index (χ4v) is 3.97. The van der Waals surface area contributed by atoms with Gasteiger partial charge in [-0.15, -0.1) is 0 Å². The van der Waals surface area contributed by atoms with Gasteiger partial charge < -0.3 is 10.2 Å². The van der Waals surface area contributed by atoms with E-state index in [-0.39, 0.29) is 5.91 Å². The summed E-state index contributed by atoms with van der Waals surface area (Å²) in [6, 6.07) is 21.6. The molecular weight excluding hydrogens is 391 g/mol. The molecule has 1 aliphatic rings. The van der Waals surface area contributed by atoms with E-state index in [0.717, 1.165) is 25.1 Å². The van der Waals surface area contributed by atoms with Crippen LogP contribution in [0.3, 0.4) is 0 Å². The van der Waals surface area contributed by atoms with Crippen LogP contribution in [-0.4, -0.2) is 12.5 Å². The summed E-state index contributed by atoms with van der Waals surface area (Å²) in [5, 5.41) is 4.03. The number of amides is 1. The summed E-state index contributed by atoms with van der Waals surface area (Å²) in [5.74, 6) is -0.121. The Bertz CT molecular complexity index is 1000. The van der Waals surface area contributed by atoms with Crippen LogP contribution in [-0.2, 0) is 19.5 Å². The first-order valence-corrected chi connectivity index (χ1v) is 10.00. The van der Waals surface area contributed by atoms with Gasteiger partial charge in [-0.3, -0.25) is 4.79 Å². The molecule has 5 heteroatoms. The van der Waals surface area contributed by atoms with Gasteiger partial charge in [0.2, 0.25) is 0 Å². The van der Waals surface area contributed by atoms with Crippen molar-refractivity contribution < 1.29 is 4.79 Å². The summed E-state index contributed by atoms with van der Waals surface area (Å²) in [6.45, 7) is 2.24. The molecule has 0 aliphatic carbocycles. The highest BCUT2D eigenvalue weighted by atomic mass is 35.5. The molecule has 3 aromatic rings. The molecule has 0 saturated carbocycles. The highest BCUT2D eigenvalue weighted by molar-refractivity contribution is 6.35. The van der Waals surface area contributed by atoms with Gasteiger partial charge in [-0.25, -0.2) is 0 Å². The van der Waals surface area contributed by atoms with E-state index < -0.39 is 0 Å². The van der Waals surface area contributed by atoms with Gasteiger partial charge in [-0.05, 0) is 53.4 Å². The third-order valence-corrected chi connectivity index (χ3v) is 5.61. The molecule has 1 N–H and O–H groups in total.